The Balaban J connectivity index is 2.34. The van der Waals surface area contributed by atoms with Crippen LogP contribution in [0.3, 0.4) is 0 Å². The monoisotopic (exact) mass is 363 g/mol. The predicted molar refractivity (Wildman–Crippen MR) is 120 cm³/mol. The summed E-state index contributed by atoms with van der Waals surface area (Å²) in [6, 6.07) is 28.2. The normalized spacial score (nSPS) is 12.0. The van der Waals surface area contributed by atoms with E-state index in [0.717, 1.165) is 0 Å². The van der Waals surface area contributed by atoms with Gasteiger partial charge in [0, 0.05) is 16.7 Å². The van der Waals surface area contributed by atoms with Crippen molar-refractivity contribution in [3.63, 3.8) is 0 Å². The first-order valence-corrected chi connectivity index (χ1v) is 11.3. The van der Waals surface area contributed by atoms with Crippen LogP contribution in [0.4, 0.5) is 5.69 Å². The molecule has 0 aliphatic carbocycles. The SMILES string of the molecule is C[SH](C)N(c1c(-c2ccccc2)cccc1-c1ccccc1)C(C)(C)C. The van der Waals surface area contributed by atoms with Crippen molar-refractivity contribution in [2.24, 2.45) is 0 Å². The van der Waals surface area contributed by atoms with Gasteiger partial charge in [0.25, 0.3) is 0 Å². The van der Waals surface area contributed by atoms with Gasteiger partial charge in [-0.25, -0.2) is 0 Å². The number of nitrogens with zero attached hydrogens (tertiary/aromatic N) is 1. The summed E-state index contributed by atoms with van der Waals surface area (Å²) in [4.78, 5) is 0. The molecule has 0 saturated carbocycles. The third-order valence-corrected chi connectivity index (χ3v) is 6.05. The van der Waals surface area contributed by atoms with Gasteiger partial charge in [0.15, 0.2) is 0 Å². The molecule has 26 heavy (non-hydrogen) atoms. The fourth-order valence-electron chi connectivity index (χ4n) is 3.61. The zero-order valence-electron chi connectivity index (χ0n) is 16.4. The quantitative estimate of drug-likeness (QED) is 0.499. The van der Waals surface area contributed by atoms with E-state index in [9.17, 15) is 0 Å². The number of hydrogen-bond acceptors (Lipinski definition) is 1. The maximum Gasteiger partial charge on any atom is 0.0614 e. The van der Waals surface area contributed by atoms with E-state index in [4.69, 9.17) is 0 Å². The number of hydrogen-bond donors (Lipinski definition) is 1. The van der Waals surface area contributed by atoms with Gasteiger partial charge in [0.2, 0.25) is 0 Å². The highest BCUT2D eigenvalue weighted by Crippen LogP contribution is 2.47. The van der Waals surface area contributed by atoms with E-state index < -0.39 is 0 Å². The van der Waals surface area contributed by atoms with E-state index in [1.807, 2.05) is 0 Å². The van der Waals surface area contributed by atoms with Crippen molar-refractivity contribution in [2.45, 2.75) is 26.3 Å². The molecule has 0 atom stereocenters. The number of thiol groups is 1. The molecule has 2 heteroatoms. The van der Waals surface area contributed by atoms with E-state index >= 15 is 0 Å². The van der Waals surface area contributed by atoms with Crippen LogP contribution in [0.25, 0.3) is 22.3 Å². The first-order chi connectivity index (χ1) is 12.4. The van der Waals surface area contributed by atoms with Gasteiger partial charge < -0.3 is 4.31 Å². The van der Waals surface area contributed by atoms with Gasteiger partial charge in [-0.1, -0.05) is 78.9 Å². The van der Waals surface area contributed by atoms with E-state index in [1.54, 1.807) is 0 Å². The van der Waals surface area contributed by atoms with Crippen LogP contribution in [-0.2, 0) is 0 Å². The van der Waals surface area contributed by atoms with Gasteiger partial charge >= 0.3 is 0 Å². The van der Waals surface area contributed by atoms with Crippen molar-refractivity contribution in [3.05, 3.63) is 78.9 Å². The summed E-state index contributed by atoms with van der Waals surface area (Å²) in [5.74, 6) is 0. The largest absolute Gasteiger partial charge is 0.331 e. The lowest BCUT2D eigenvalue weighted by atomic mass is 9.94. The van der Waals surface area contributed by atoms with Gasteiger partial charge in [-0.2, -0.15) is 11.1 Å². The second-order valence-corrected chi connectivity index (χ2v) is 9.86. The molecule has 0 radical (unpaired) electrons. The van der Waals surface area contributed by atoms with Crippen molar-refractivity contribution >= 4 is 16.8 Å². The fourth-order valence-corrected chi connectivity index (χ4v) is 5.42. The molecular weight excluding hydrogens is 334 g/mol. The fraction of sp³-hybridized carbons (Fsp3) is 0.250. The van der Waals surface area contributed by atoms with Crippen molar-refractivity contribution < 1.29 is 0 Å². The zero-order valence-corrected chi connectivity index (χ0v) is 17.3. The van der Waals surface area contributed by atoms with Crippen LogP contribution in [-0.4, -0.2) is 18.1 Å². The van der Waals surface area contributed by atoms with E-state index in [0.29, 0.717) is 0 Å². The van der Waals surface area contributed by atoms with Gasteiger partial charge in [-0.15, -0.1) is 0 Å². The van der Waals surface area contributed by atoms with Crippen LogP contribution in [0, 0.1) is 0 Å². The Morgan fingerprint density at radius 1 is 0.615 bits per heavy atom. The molecule has 0 aromatic heterocycles. The third kappa shape index (κ3) is 3.81. The first-order valence-electron chi connectivity index (χ1n) is 9.11. The predicted octanol–water partition coefficient (Wildman–Crippen LogP) is 6.80. The molecule has 0 spiro atoms. The zero-order chi connectivity index (χ0) is 18.7. The summed E-state index contributed by atoms with van der Waals surface area (Å²) < 4.78 is 2.62. The van der Waals surface area contributed by atoms with Gasteiger partial charge in [0.05, 0.1) is 5.69 Å². The minimum Gasteiger partial charge on any atom is -0.331 e. The Morgan fingerprint density at radius 2 is 1.04 bits per heavy atom. The molecule has 0 amide bonds. The highest BCUT2D eigenvalue weighted by Gasteiger charge is 2.28. The van der Waals surface area contributed by atoms with Crippen LogP contribution >= 0.6 is 11.1 Å². The van der Waals surface area contributed by atoms with Crippen LogP contribution in [0.2, 0.25) is 0 Å². The smallest absolute Gasteiger partial charge is 0.0614 e. The van der Waals surface area contributed by atoms with Gasteiger partial charge in [-0.3, -0.25) is 0 Å². The summed E-state index contributed by atoms with van der Waals surface area (Å²) in [7, 11) is 0. The Morgan fingerprint density at radius 3 is 1.38 bits per heavy atom. The van der Waals surface area contributed by atoms with E-state index in [2.05, 4.69) is 116 Å². The summed E-state index contributed by atoms with van der Waals surface area (Å²) in [5, 5.41) is 0. The molecule has 3 rings (SSSR count). The Kier molecular flexibility index (Phi) is 5.43. The van der Waals surface area contributed by atoms with Crippen molar-refractivity contribution in [3.8, 4) is 22.3 Å². The maximum absolute atomic E-state index is 2.62. The van der Waals surface area contributed by atoms with Crippen LogP contribution in [0.5, 0.6) is 0 Å². The van der Waals surface area contributed by atoms with E-state index in [1.165, 1.54) is 27.9 Å². The average molecular weight is 364 g/mol. The molecule has 0 heterocycles. The van der Waals surface area contributed by atoms with Crippen molar-refractivity contribution in [2.75, 3.05) is 16.8 Å². The second-order valence-electron chi connectivity index (χ2n) is 7.76. The third-order valence-electron chi connectivity index (χ3n) is 4.45. The number of para-hydroxylation sites is 1. The molecule has 0 fully saturated rings. The Bertz CT molecular complexity index is 791. The molecule has 3 aromatic carbocycles. The number of benzene rings is 3. The minimum absolute atomic E-state index is 0.0453. The molecule has 0 saturated heterocycles. The van der Waals surface area contributed by atoms with Gasteiger partial charge in [-0.05, 0) is 44.4 Å². The lowest BCUT2D eigenvalue weighted by Crippen LogP contribution is -2.39. The molecule has 0 unspecified atom stereocenters. The van der Waals surface area contributed by atoms with Crippen molar-refractivity contribution in [1.82, 2.24) is 0 Å². The van der Waals surface area contributed by atoms with Crippen LogP contribution < -0.4 is 4.31 Å². The molecule has 1 nitrogen and oxygen atoms in total. The van der Waals surface area contributed by atoms with Gasteiger partial charge in [0.1, 0.15) is 0 Å². The lowest BCUT2D eigenvalue weighted by Gasteiger charge is -2.44. The van der Waals surface area contributed by atoms with E-state index in [-0.39, 0.29) is 16.6 Å². The summed E-state index contributed by atoms with van der Waals surface area (Å²) in [6.45, 7) is 6.93. The number of rotatable bonds is 4. The summed E-state index contributed by atoms with van der Waals surface area (Å²) >= 11 is -0.308. The highest BCUT2D eigenvalue weighted by atomic mass is 32.2. The second kappa shape index (κ2) is 7.59. The molecule has 0 N–H and O–H groups in total. The Labute approximate surface area is 161 Å². The lowest BCUT2D eigenvalue weighted by molar-refractivity contribution is 0.589. The molecule has 0 aliphatic rings. The highest BCUT2D eigenvalue weighted by molar-refractivity contribution is 8.17. The van der Waals surface area contributed by atoms with Crippen molar-refractivity contribution in [1.29, 1.82) is 0 Å². The number of anilines is 1. The van der Waals surface area contributed by atoms with Crippen LogP contribution in [0.1, 0.15) is 20.8 Å². The van der Waals surface area contributed by atoms with Crippen LogP contribution in [0.15, 0.2) is 78.9 Å². The topological polar surface area (TPSA) is 3.24 Å². The molecular formula is C24H29NS. The molecule has 0 aliphatic heterocycles. The average Bonchev–Trinajstić information content (AvgIpc) is 2.62. The maximum atomic E-state index is 2.62. The molecule has 3 aromatic rings. The molecule has 136 valence electrons. The summed E-state index contributed by atoms with van der Waals surface area (Å²) in [5.41, 5.74) is 6.53. The summed E-state index contributed by atoms with van der Waals surface area (Å²) in [6.07, 6.45) is 4.69. The molecule has 0 bridgehead atoms. The first kappa shape index (κ1) is 18.6. The Hall–Kier alpha value is -2.19. The standard InChI is InChI=1S/C24H29NS/c1-24(2,3)25(26(4)5)23-21(19-13-8-6-9-14-19)17-12-18-22(23)20-15-10-7-11-16-20/h6-18,26H,1-5H3. The minimum atomic E-state index is -0.308.